The average Bonchev–Trinajstić information content (AvgIpc) is 2.97. The molecule has 2 aromatic rings. The summed E-state index contributed by atoms with van der Waals surface area (Å²) < 4.78 is 6.28. The lowest BCUT2D eigenvalue weighted by Crippen LogP contribution is -2.20. The third kappa shape index (κ3) is 3.06. The lowest BCUT2D eigenvalue weighted by molar-refractivity contribution is 0.330. The van der Waals surface area contributed by atoms with E-state index >= 15 is 0 Å². The van der Waals surface area contributed by atoms with Gasteiger partial charge in [-0.05, 0) is 13.8 Å². The Bertz CT molecular complexity index is 894. The molecule has 2 heterocycles. The second-order valence-corrected chi connectivity index (χ2v) is 6.33. The van der Waals surface area contributed by atoms with Gasteiger partial charge in [-0.2, -0.15) is 5.26 Å². The summed E-state index contributed by atoms with van der Waals surface area (Å²) in [7, 11) is 0. The topological polar surface area (TPSA) is 117 Å². The third-order valence-corrected chi connectivity index (χ3v) is 3.57. The predicted molar refractivity (Wildman–Crippen MR) is 86.9 cm³/mol. The molecule has 0 amide bonds. The summed E-state index contributed by atoms with van der Waals surface area (Å²) in [6.07, 6.45) is 0. The van der Waals surface area contributed by atoms with Crippen molar-refractivity contribution in [1.29, 1.82) is 5.26 Å². The quantitative estimate of drug-likeness (QED) is 0.865. The van der Waals surface area contributed by atoms with Crippen molar-refractivity contribution in [3.8, 4) is 11.9 Å². The first-order valence-electron chi connectivity index (χ1n) is 7.46. The maximum absolute atomic E-state index is 12.4. The van der Waals surface area contributed by atoms with Gasteiger partial charge in [-0.3, -0.25) is 9.36 Å². The Morgan fingerprint density at radius 2 is 2.08 bits per heavy atom. The van der Waals surface area contributed by atoms with Gasteiger partial charge in [0.2, 0.25) is 11.7 Å². The van der Waals surface area contributed by atoms with Gasteiger partial charge < -0.3 is 9.63 Å². The minimum Gasteiger partial charge on any atom is -0.493 e. The van der Waals surface area contributed by atoms with Crippen LogP contribution in [0.5, 0.6) is 5.88 Å². The van der Waals surface area contributed by atoms with Gasteiger partial charge >= 0.3 is 0 Å². The first-order chi connectivity index (χ1) is 11.2. The number of pyridine rings is 1. The molecule has 8 nitrogen and oxygen atoms in total. The lowest BCUT2D eigenvalue weighted by Gasteiger charge is -2.11. The Hall–Kier alpha value is -2.95. The first kappa shape index (κ1) is 17.4. The summed E-state index contributed by atoms with van der Waals surface area (Å²) in [5.74, 6) is 0.508. The Morgan fingerprint density at radius 3 is 2.58 bits per heavy atom. The Morgan fingerprint density at radius 1 is 1.42 bits per heavy atom. The van der Waals surface area contributed by atoms with E-state index in [-0.39, 0.29) is 40.5 Å². The largest absolute Gasteiger partial charge is 0.493 e. The summed E-state index contributed by atoms with van der Waals surface area (Å²) in [6, 6.07) is 3.52. The average molecular weight is 329 g/mol. The van der Waals surface area contributed by atoms with Crippen LogP contribution in [0.3, 0.4) is 0 Å². The lowest BCUT2D eigenvalue weighted by atomic mass is 9.93. The Labute approximate surface area is 139 Å². The zero-order chi connectivity index (χ0) is 18.1. The fraction of sp³-hybridized carbons (Fsp3) is 0.438. The van der Waals surface area contributed by atoms with Crippen LogP contribution in [0.25, 0.3) is 0 Å². The van der Waals surface area contributed by atoms with Crippen LogP contribution in [0.15, 0.2) is 25.6 Å². The molecular weight excluding hydrogens is 310 g/mol. The molecule has 2 rings (SSSR count). The van der Waals surface area contributed by atoms with Crippen molar-refractivity contribution in [2.24, 2.45) is 10.2 Å². The molecule has 0 aliphatic heterocycles. The van der Waals surface area contributed by atoms with E-state index in [1.165, 1.54) is 6.92 Å². The van der Waals surface area contributed by atoms with Crippen molar-refractivity contribution in [3.63, 3.8) is 0 Å². The molecule has 0 fully saturated rings. The van der Waals surface area contributed by atoms with Gasteiger partial charge in [0.1, 0.15) is 17.4 Å². The summed E-state index contributed by atoms with van der Waals surface area (Å²) in [5.41, 5.74) is -0.479. The minimum atomic E-state index is -0.519. The number of aromatic nitrogens is 2. The first-order valence-corrected chi connectivity index (χ1v) is 7.46. The standard InChI is InChI=1S/C16H19N5O3/c1-6-21-14(22)10(8-17)9(2)13(15(21)23)19-18-12-7-11(24-20-12)16(3,4)5/h7,22H,6H2,1-5H3. The molecule has 0 atom stereocenters. The molecule has 0 spiro atoms. The summed E-state index contributed by atoms with van der Waals surface area (Å²) in [4.78, 5) is 12.4. The molecule has 24 heavy (non-hydrogen) atoms. The van der Waals surface area contributed by atoms with Crippen LogP contribution in [0, 0.1) is 18.3 Å². The molecule has 0 aliphatic carbocycles. The van der Waals surface area contributed by atoms with Crippen molar-refractivity contribution in [2.45, 2.75) is 46.6 Å². The van der Waals surface area contributed by atoms with Crippen LogP contribution in [-0.2, 0) is 12.0 Å². The summed E-state index contributed by atoms with van der Waals surface area (Å²) in [6.45, 7) is 9.34. The van der Waals surface area contributed by atoms with E-state index in [1.54, 1.807) is 13.0 Å². The smallest absolute Gasteiger partial charge is 0.281 e. The van der Waals surface area contributed by atoms with Crippen LogP contribution >= 0.6 is 0 Å². The summed E-state index contributed by atoms with van der Waals surface area (Å²) in [5, 5.41) is 30.8. The van der Waals surface area contributed by atoms with Crippen LogP contribution < -0.4 is 5.56 Å². The number of nitrogens with zero attached hydrogens (tertiary/aromatic N) is 5. The van der Waals surface area contributed by atoms with E-state index in [1.807, 2.05) is 26.8 Å². The van der Waals surface area contributed by atoms with Crippen LogP contribution in [0.1, 0.15) is 44.6 Å². The molecule has 2 aromatic heterocycles. The molecular formula is C16H19N5O3. The van der Waals surface area contributed by atoms with Gasteiger partial charge in [0, 0.05) is 23.6 Å². The second-order valence-electron chi connectivity index (χ2n) is 6.33. The normalized spacial score (nSPS) is 11.8. The van der Waals surface area contributed by atoms with Gasteiger partial charge in [0.15, 0.2) is 5.69 Å². The van der Waals surface area contributed by atoms with Crippen molar-refractivity contribution in [1.82, 2.24) is 9.72 Å². The highest BCUT2D eigenvalue weighted by atomic mass is 16.5. The fourth-order valence-electron chi connectivity index (χ4n) is 2.12. The summed E-state index contributed by atoms with van der Waals surface area (Å²) >= 11 is 0. The van der Waals surface area contributed by atoms with Crippen LogP contribution in [0.2, 0.25) is 0 Å². The molecule has 0 bridgehead atoms. The SMILES string of the molecule is CCn1c(O)c(C#N)c(C)c(N=Nc2cc(C(C)(C)C)on2)c1=O. The molecule has 126 valence electrons. The second kappa shape index (κ2) is 6.28. The van der Waals surface area contributed by atoms with E-state index in [0.717, 1.165) is 4.57 Å². The molecule has 0 radical (unpaired) electrons. The number of rotatable bonds is 3. The fourth-order valence-corrected chi connectivity index (χ4v) is 2.12. The molecule has 0 unspecified atom stereocenters. The van der Waals surface area contributed by atoms with Crippen molar-refractivity contribution >= 4 is 11.5 Å². The molecule has 8 heteroatoms. The van der Waals surface area contributed by atoms with Crippen molar-refractivity contribution in [2.75, 3.05) is 0 Å². The highest BCUT2D eigenvalue weighted by Gasteiger charge is 2.21. The zero-order valence-electron chi connectivity index (χ0n) is 14.3. The Balaban J connectivity index is 2.52. The highest BCUT2D eigenvalue weighted by Crippen LogP contribution is 2.28. The van der Waals surface area contributed by atoms with E-state index in [2.05, 4.69) is 15.4 Å². The van der Waals surface area contributed by atoms with E-state index < -0.39 is 5.56 Å². The van der Waals surface area contributed by atoms with Crippen LogP contribution in [0.4, 0.5) is 11.5 Å². The van der Waals surface area contributed by atoms with E-state index in [4.69, 9.17) is 4.52 Å². The molecule has 0 saturated heterocycles. The van der Waals surface area contributed by atoms with Gasteiger partial charge in [0.05, 0.1) is 0 Å². The van der Waals surface area contributed by atoms with E-state index in [0.29, 0.717) is 5.76 Å². The predicted octanol–water partition coefficient (Wildman–Crippen LogP) is 3.45. The molecule has 1 N–H and O–H groups in total. The number of hydrogen-bond donors (Lipinski definition) is 1. The maximum Gasteiger partial charge on any atom is 0.281 e. The number of azo groups is 1. The van der Waals surface area contributed by atoms with Crippen LogP contribution in [-0.4, -0.2) is 14.8 Å². The number of aromatic hydroxyl groups is 1. The van der Waals surface area contributed by atoms with Crippen molar-refractivity contribution in [3.05, 3.63) is 33.3 Å². The van der Waals surface area contributed by atoms with E-state index in [9.17, 15) is 15.2 Å². The van der Waals surface area contributed by atoms with Gasteiger partial charge in [-0.1, -0.05) is 25.9 Å². The van der Waals surface area contributed by atoms with Gasteiger partial charge in [-0.25, -0.2) is 0 Å². The highest BCUT2D eigenvalue weighted by molar-refractivity contribution is 5.56. The zero-order valence-corrected chi connectivity index (χ0v) is 14.3. The number of hydrogen-bond acceptors (Lipinski definition) is 7. The molecule has 0 aliphatic rings. The van der Waals surface area contributed by atoms with Crippen molar-refractivity contribution < 1.29 is 9.63 Å². The van der Waals surface area contributed by atoms with Gasteiger partial charge in [-0.15, -0.1) is 10.2 Å². The minimum absolute atomic E-state index is 0.000864. The molecule has 0 aromatic carbocycles. The molecule has 0 saturated carbocycles. The number of nitriles is 1. The maximum atomic E-state index is 12.4. The Kier molecular flexibility index (Phi) is 4.55. The van der Waals surface area contributed by atoms with Gasteiger partial charge in [0.25, 0.3) is 5.56 Å². The monoisotopic (exact) mass is 329 g/mol. The third-order valence-electron chi connectivity index (χ3n) is 3.57.